The molecule has 0 aromatic heterocycles. The van der Waals surface area contributed by atoms with E-state index in [4.69, 9.17) is 9.47 Å². The second kappa shape index (κ2) is 6.10. The van der Waals surface area contributed by atoms with E-state index >= 15 is 0 Å². The van der Waals surface area contributed by atoms with Crippen LogP contribution in [0.2, 0.25) is 0 Å². The van der Waals surface area contributed by atoms with E-state index < -0.39 is 17.8 Å². The molecule has 124 valence electrons. The van der Waals surface area contributed by atoms with Crippen LogP contribution in [0.4, 0.5) is 5.69 Å². The molecule has 6 nitrogen and oxygen atoms in total. The largest absolute Gasteiger partial charge is 0.497 e. The quantitative estimate of drug-likeness (QED) is 0.870. The number of nitrogens with one attached hydrogen (secondary N) is 1. The van der Waals surface area contributed by atoms with Gasteiger partial charge >= 0.3 is 5.97 Å². The maximum Gasteiger partial charge on any atom is 0.307 e. The zero-order valence-electron chi connectivity index (χ0n) is 13.2. The lowest BCUT2D eigenvalue weighted by atomic mass is 9.78. The summed E-state index contributed by atoms with van der Waals surface area (Å²) in [7, 11) is 3.07. The number of methoxy groups -OCH3 is 2. The third-order valence-corrected chi connectivity index (χ3v) is 5.17. The van der Waals surface area contributed by atoms with Gasteiger partial charge < -0.3 is 19.9 Å². The lowest BCUT2D eigenvalue weighted by Crippen LogP contribution is -2.37. The number of carboxylic acids is 1. The second-order valence-electron chi connectivity index (χ2n) is 6.28. The number of carbonyl (C=O) groups is 2. The Bertz CT molecular complexity index is 629. The van der Waals surface area contributed by atoms with E-state index in [9.17, 15) is 14.7 Å². The van der Waals surface area contributed by atoms with Crippen molar-refractivity contribution < 1.29 is 24.2 Å². The van der Waals surface area contributed by atoms with E-state index in [-0.39, 0.29) is 17.7 Å². The normalized spacial score (nSPS) is 28.4. The van der Waals surface area contributed by atoms with Crippen molar-refractivity contribution in [3.8, 4) is 11.5 Å². The first-order chi connectivity index (χ1) is 11.0. The summed E-state index contributed by atoms with van der Waals surface area (Å²) in [5.41, 5.74) is 0.533. The van der Waals surface area contributed by atoms with Gasteiger partial charge in [-0.15, -0.1) is 0 Å². The van der Waals surface area contributed by atoms with E-state index in [1.165, 1.54) is 7.11 Å². The van der Waals surface area contributed by atoms with Crippen LogP contribution in [-0.2, 0) is 9.59 Å². The number of hydrogen-bond donors (Lipinski definition) is 2. The molecular weight excluding hydrogens is 298 g/mol. The predicted molar refractivity (Wildman–Crippen MR) is 83.6 cm³/mol. The summed E-state index contributed by atoms with van der Waals surface area (Å²) < 4.78 is 10.4. The highest BCUT2D eigenvalue weighted by molar-refractivity contribution is 5.97. The Morgan fingerprint density at radius 3 is 2.43 bits per heavy atom. The van der Waals surface area contributed by atoms with Gasteiger partial charge in [-0.3, -0.25) is 9.59 Å². The molecule has 3 rings (SSSR count). The summed E-state index contributed by atoms with van der Waals surface area (Å²) >= 11 is 0. The van der Waals surface area contributed by atoms with Crippen molar-refractivity contribution in [2.24, 2.45) is 23.7 Å². The molecule has 1 aromatic carbocycles. The molecule has 0 radical (unpaired) electrons. The number of amides is 1. The first kappa shape index (κ1) is 15.6. The van der Waals surface area contributed by atoms with Crippen molar-refractivity contribution >= 4 is 17.6 Å². The van der Waals surface area contributed by atoms with Crippen LogP contribution in [0.1, 0.15) is 19.3 Å². The third-order valence-electron chi connectivity index (χ3n) is 5.17. The molecule has 2 saturated carbocycles. The predicted octanol–water partition coefficient (Wildman–Crippen LogP) is 2.39. The molecule has 1 aromatic rings. The molecule has 1 amide bonds. The van der Waals surface area contributed by atoms with Gasteiger partial charge in [0.25, 0.3) is 0 Å². The average Bonchev–Trinajstić information content (AvgIpc) is 3.16. The number of rotatable bonds is 5. The maximum atomic E-state index is 12.7. The molecule has 0 heterocycles. The number of aliphatic carboxylic acids is 1. The van der Waals surface area contributed by atoms with Gasteiger partial charge in [-0.2, -0.15) is 0 Å². The number of hydrogen-bond acceptors (Lipinski definition) is 4. The number of fused-ring (bicyclic) bond motifs is 2. The van der Waals surface area contributed by atoms with Gasteiger partial charge in [0, 0.05) is 6.07 Å². The molecule has 2 aliphatic rings. The summed E-state index contributed by atoms with van der Waals surface area (Å²) in [4.78, 5) is 24.2. The summed E-state index contributed by atoms with van der Waals surface area (Å²) in [6, 6.07) is 5.12. The van der Waals surface area contributed by atoms with Crippen LogP contribution in [0, 0.1) is 23.7 Å². The first-order valence-corrected chi connectivity index (χ1v) is 7.80. The molecule has 23 heavy (non-hydrogen) atoms. The minimum atomic E-state index is -0.862. The Labute approximate surface area is 134 Å². The molecule has 4 atom stereocenters. The van der Waals surface area contributed by atoms with Gasteiger partial charge in [-0.25, -0.2) is 0 Å². The molecule has 0 unspecified atom stereocenters. The first-order valence-electron chi connectivity index (χ1n) is 7.80. The highest BCUT2D eigenvalue weighted by Crippen LogP contribution is 2.52. The fraction of sp³-hybridized carbons (Fsp3) is 0.529. The van der Waals surface area contributed by atoms with E-state index in [1.54, 1.807) is 25.3 Å². The number of anilines is 1. The zero-order chi connectivity index (χ0) is 16.6. The van der Waals surface area contributed by atoms with Crippen molar-refractivity contribution in [2.75, 3.05) is 19.5 Å². The fourth-order valence-corrected chi connectivity index (χ4v) is 4.14. The van der Waals surface area contributed by atoms with Crippen LogP contribution in [0.15, 0.2) is 18.2 Å². The Kier molecular flexibility index (Phi) is 4.15. The van der Waals surface area contributed by atoms with Gasteiger partial charge in [-0.05, 0) is 43.2 Å². The van der Waals surface area contributed by atoms with Crippen molar-refractivity contribution in [3.05, 3.63) is 18.2 Å². The molecule has 0 spiro atoms. The van der Waals surface area contributed by atoms with E-state index in [0.29, 0.717) is 17.2 Å². The van der Waals surface area contributed by atoms with Gasteiger partial charge in [0.2, 0.25) is 5.91 Å². The van der Waals surface area contributed by atoms with Crippen molar-refractivity contribution in [3.63, 3.8) is 0 Å². The molecule has 0 saturated heterocycles. The number of ether oxygens (including phenoxy) is 2. The molecule has 2 aliphatic carbocycles. The van der Waals surface area contributed by atoms with Gasteiger partial charge in [-0.1, -0.05) is 0 Å². The topological polar surface area (TPSA) is 84.9 Å². The number of carbonyl (C=O) groups excluding carboxylic acids is 1. The zero-order valence-corrected chi connectivity index (χ0v) is 13.2. The van der Waals surface area contributed by atoms with Crippen molar-refractivity contribution in [2.45, 2.75) is 19.3 Å². The molecule has 2 fully saturated rings. The molecule has 2 bridgehead atoms. The lowest BCUT2D eigenvalue weighted by Gasteiger charge is -2.27. The average molecular weight is 319 g/mol. The highest BCUT2D eigenvalue weighted by Gasteiger charge is 2.54. The Hall–Kier alpha value is -2.24. The van der Waals surface area contributed by atoms with Crippen LogP contribution in [0.3, 0.4) is 0 Å². The summed E-state index contributed by atoms with van der Waals surface area (Å²) in [6.07, 6.45) is 2.69. The van der Waals surface area contributed by atoms with Crippen LogP contribution in [-0.4, -0.2) is 31.2 Å². The smallest absolute Gasteiger partial charge is 0.307 e. The van der Waals surface area contributed by atoms with Crippen LogP contribution < -0.4 is 14.8 Å². The molecule has 0 aliphatic heterocycles. The molecule has 2 N–H and O–H groups in total. The minimum absolute atomic E-state index is 0.131. The fourth-order valence-electron chi connectivity index (χ4n) is 4.14. The van der Waals surface area contributed by atoms with Crippen LogP contribution >= 0.6 is 0 Å². The molecular formula is C17H21NO5. The minimum Gasteiger partial charge on any atom is -0.497 e. The number of carboxylic acid groups (broad SMARTS) is 1. The van der Waals surface area contributed by atoms with Gasteiger partial charge in [0.1, 0.15) is 11.5 Å². The van der Waals surface area contributed by atoms with E-state index in [1.807, 2.05) is 0 Å². The van der Waals surface area contributed by atoms with Gasteiger partial charge in [0.05, 0.1) is 31.7 Å². The lowest BCUT2D eigenvalue weighted by molar-refractivity contribution is -0.148. The Morgan fingerprint density at radius 2 is 1.83 bits per heavy atom. The number of benzene rings is 1. The Morgan fingerprint density at radius 1 is 1.13 bits per heavy atom. The standard InChI is InChI=1S/C17H21NO5/c1-22-11-5-6-12(13(8-11)23-2)18-16(19)14-9-3-4-10(7-9)15(14)17(20)21/h5-6,8-10,14-15H,3-4,7H2,1-2H3,(H,18,19)(H,20,21)/t9-,10+,14+,15+/m1/s1. The maximum absolute atomic E-state index is 12.7. The van der Waals surface area contributed by atoms with Gasteiger partial charge in [0.15, 0.2) is 0 Å². The molecule has 6 heteroatoms. The van der Waals surface area contributed by atoms with E-state index in [2.05, 4.69) is 5.32 Å². The van der Waals surface area contributed by atoms with Crippen molar-refractivity contribution in [1.29, 1.82) is 0 Å². The summed E-state index contributed by atoms with van der Waals surface area (Å²) in [6.45, 7) is 0. The SMILES string of the molecule is COc1ccc(NC(=O)[C@H]2[C@@H]3CC[C@@H](C3)[C@@H]2C(=O)O)c(OC)c1. The van der Waals surface area contributed by atoms with Crippen LogP contribution in [0.25, 0.3) is 0 Å². The highest BCUT2D eigenvalue weighted by atomic mass is 16.5. The van der Waals surface area contributed by atoms with E-state index in [0.717, 1.165) is 19.3 Å². The summed E-state index contributed by atoms with van der Waals surface area (Å²) in [5.74, 6) is -0.699. The second-order valence-corrected chi connectivity index (χ2v) is 6.28. The monoisotopic (exact) mass is 319 g/mol. The van der Waals surface area contributed by atoms with Crippen molar-refractivity contribution in [1.82, 2.24) is 0 Å². The van der Waals surface area contributed by atoms with Crippen LogP contribution in [0.5, 0.6) is 11.5 Å². The summed E-state index contributed by atoms with van der Waals surface area (Å²) in [5, 5.41) is 12.3. The third kappa shape index (κ3) is 2.73. The Balaban J connectivity index is 1.80.